The maximum Gasteiger partial charge on any atom is 0.339 e. The molecular formula is C20H15ClN2O4. The number of nitrogens with zero attached hydrogens (tertiary/aromatic N) is 1. The van der Waals surface area contributed by atoms with Gasteiger partial charge in [-0.05, 0) is 61.2 Å². The fraction of sp³-hybridized carbons (Fsp3) is 0.150. The molecule has 3 N–H and O–H groups in total. The molecule has 3 aromatic rings. The molecule has 2 aromatic carbocycles. The van der Waals surface area contributed by atoms with Crippen LogP contribution in [0.1, 0.15) is 38.4 Å². The zero-order valence-corrected chi connectivity index (χ0v) is 14.9. The van der Waals surface area contributed by atoms with E-state index in [1.54, 1.807) is 18.2 Å². The third-order valence-corrected chi connectivity index (χ3v) is 4.92. The topological polar surface area (TPSA) is 99.5 Å². The minimum Gasteiger partial charge on any atom is -0.507 e. The van der Waals surface area contributed by atoms with Crippen molar-refractivity contribution in [2.75, 3.05) is 5.32 Å². The van der Waals surface area contributed by atoms with E-state index in [-0.39, 0.29) is 22.9 Å². The predicted octanol–water partition coefficient (Wildman–Crippen LogP) is 4.03. The van der Waals surface area contributed by atoms with Gasteiger partial charge in [0.2, 0.25) is 0 Å². The van der Waals surface area contributed by atoms with Crippen LogP contribution in [-0.4, -0.2) is 27.1 Å². The number of amides is 1. The molecule has 4 rings (SSSR count). The van der Waals surface area contributed by atoms with Crippen LogP contribution in [0.2, 0.25) is 5.02 Å². The zero-order valence-electron chi connectivity index (χ0n) is 14.1. The summed E-state index contributed by atoms with van der Waals surface area (Å²) in [5, 5.41) is 22.7. The lowest BCUT2D eigenvalue weighted by Crippen LogP contribution is -2.16. The lowest BCUT2D eigenvalue weighted by atomic mass is 10.0. The summed E-state index contributed by atoms with van der Waals surface area (Å²) in [5.74, 6) is -1.99. The van der Waals surface area contributed by atoms with Crippen molar-refractivity contribution in [1.82, 2.24) is 4.98 Å². The van der Waals surface area contributed by atoms with Crippen LogP contribution in [0, 0.1) is 0 Å². The van der Waals surface area contributed by atoms with Crippen LogP contribution in [-0.2, 0) is 12.8 Å². The van der Waals surface area contributed by atoms with Crippen molar-refractivity contribution in [2.45, 2.75) is 19.3 Å². The molecule has 1 aliphatic carbocycles. The van der Waals surface area contributed by atoms with E-state index in [0.29, 0.717) is 21.5 Å². The number of aryl methyl sites for hydroxylation is 1. The summed E-state index contributed by atoms with van der Waals surface area (Å²) in [4.78, 5) is 28.9. The molecule has 0 saturated heterocycles. The van der Waals surface area contributed by atoms with Crippen molar-refractivity contribution in [1.29, 1.82) is 0 Å². The largest absolute Gasteiger partial charge is 0.507 e. The SMILES string of the molecule is O=C(O)c1cc(NC(=O)c2c3c(nc4ccc(Cl)cc24)CCC3)ccc1O. The minimum absolute atomic E-state index is 0.277. The Morgan fingerprint density at radius 3 is 2.70 bits per heavy atom. The molecule has 0 aliphatic heterocycles. The number of rotatable bonds is 3. The maximum atomic E-state index is 13.1. The summed E-state index contributed by atoms with van der Waals surface area (Å²) in [6.45, 7) is 0. The van der Waals surface area contributed by atoms with E-state index in [1.165, 1.54) is 18.2 Å². The summed E-state index contributed by atoms with van der Waals surface area (Å²) < 4.78 is 0. The number of carbonyl (C=O) groups excluding carboxylic acids is 1. The number of aromatic hydroxyl groups is 1. The second-order valence-electron chi connectivity index (χ2n) is 6.42. The van der Waals surface area contributed by atoms with Crippen molar-refractivity contribution in [3.63, 3.8) is 0 Å². The summed E-state index contributed by atoms with van der Waals surface area (Å²) in [5.41, 5.74) is 3.03. The Kier molecular flexibility index (Phi) is 4.20. The van der Waals surface area contributed by atoms with Gasteiger partial charge in [0.25, 0.3) is 5.91 Å². The molecule has 1 heterocycles. The van der Waals surface area contributed by atoms with Gasteiger partial charge in [-0.2, -0.15) is 0 Å². The molecule has 0 atom stereocenters. The summed E-state index contributed by atoms with van der Waals surface area (Å²) in [7, 11) is 0. The number of hydrogen-bond donors (Lipinski definition) is 3. The maximum absolute atomic E-state index is 13.1. The van der Waals surface area contributed by atoms with E-state index in [4.69, 9.17) is 16.7 Å². The molecule has 136 valence electrons. The molecule has 0 unspecified atom stereocenters. The van der Waals surface area contributed by atoms with Gasteiger partial charge in [-0.15, -0.1) is 0 Å². The number of anilines is 1. The number of benzene rings is 2. The van der Waals surface area contributed by atoms with Crippen molar-refractivity contribution in [3.05, 3.63) is 63.8 Å². The van der Waals surface area contributed by atoms with Crippen LogP contribution >= 0.6 is 11.6 Å². The van der Waals surface area contributed by atoms with Gasteiger partial charge in [-0.1, -0.05) is 11.6 Å². The Hall–Kier alpha value is -3.12. The van der Waals surface area contributed by atoms with E-state index in [2.05, 4.69) is 10.3 Å². The van der Waals surface area contributed by atoms with Gasteiger partial charge in [-0.3, -0.25) is 9.78 Å². The van der Waals surface area contributed by atoms with E-state index in [1.807, 2.05) is 0 Å². The summed E-state index contributed by atoms with van der Waals surface area (Å²) in [6.07, 6.45) is 2.50. The summed E-state index contributed by atoms with van der Waals surface area (Å²) in [6, 6.07) is 9.17. The number of nitrogens with one attached hydrogen (secondary N) is 1. The molecule has 1 amide bonds. The standard InChI is InChI=1S/C20H15ClN2O4/c21-10-4-6-16-13(8-10)18(12-2-1-3-15(12)23-16)19(25)22-11-5-7-17(24)14(9-11)20(26)27/h4-9,24H,1-3H2,(H,22,25)(H,26,27). The second kappa shape index (κ2) is 6.55. The van der Waals surface area contributed by atoms with E-state index in [9.17, 15) is 14.7 Å². The fourth-order valence-electron chi connectivity index (χ4n) is 3.47. The van der Waals surface area contributed by atoms with Crippen LogP contribution in [0.25, 0.3) is 10.9 Å². The molecule has 7 heteroatoms. The predicted molar refractivity (Wildman–Crippen MR) is 102 cm³/mol. The quantitative estimate of drug-likeness (QED) is 0.594. The lowest BCUT2D eigenvalue weighted by molar-refractivity contribution is 0.0693. The Balaban J connectivity index is 1.80. The minimum atomic E-state index is -1.27. The first kappa shape index (κ1) is 17.3. The highest BCUT2D eigenvalue weighted by Crippen LogP contribution is 2.32. The number of carboxylic acids is 1. The first-order chi connectivity index (χ1) is 12.9. The van der Waals surface area contributed by atoms with E-state index in [0.717, 1.165) is 30.5 Å². The normalized spacial score (nSPS) is 12.8. The van der Waals surface area contributed by atoms with Crippen molar-refractivity contribution in [3.8, 4) is 5.75 Å². The fourth-order valence-corrected chi connectivity index (χ4v) is 3.64. The van der Waals surface area contributed by atoms with E-state index >= 15 is 0 Å². The average Bonchev–Trinajstić information content (AvgIpc) is 3.08. The van der Waals surface area contributed by atoms with Gasteiger partial charge in [0.05, 0.1) is 11.1 Å². The molecule has 0 radical (unpaired) electrons. The number of hydrogen-bond acceptors (Lipinski definition) is 4. The van der Waals surface area contributed by atoms with Gasteiger partial charge >= 0.3 is 5.97 Å². The Labute approximate surface area is 159 Å². The van der Waals surface area contributed by atoms with Gasteiger partial charge in [-0.25, -0.2) is 4.79 Å². The molecule has 6 nitrogen and oxygen atoms in total. The van der Waals surface area contributed by atoms with Gasteiger partial charge in [0.15, 0.2) is 0 Å². The Morgan fingerprint density at radius 1 is 1.11 bits per heavy atom. The average molecular weight is 383 g/mol. The number of carboxylic acid groups (broad SMARTS) is 1. The zero-order chi connectivity index (χ0) is 19.1. The Morgan fingerprint density at radius 2 is 1.93 bits per heavy atom. The van der Waals surface area contributed by atoms with Crippen LogP contribution in [0.5, 0.6) is 5.75 Å². The molecule has 0 spiro atoms. The molecule has 0 saturated carbocycles. The second-order valence-corrected chi connectivity index (χ2v) is 6.85. The van der Waals surface area contributed by atoms with Crippen LogP contribution in [0.3, 0.4) is 0 Å². The van der Waals surface area contributed by atoms with Crippen molar-refractivity contribution < 1.29 is 19.8 Å². The summed E-state index contributed by atoms with van der Waals surface area (Å²) >= 11 is 6.13. The number of pyridine rings is 1. The molecule has 0 bridgehead atoms. The molecule has 0 fully saturated rings. The number of fused-ring (bicyclic) bond motifs is 2. The highest BCUT2D eigenvalue weighted by atomic mass is 35.5. The van der Waals surface area contributed by atoms with E-state index < -0.39 is 5.97 Å². The van der Waals surface area contributed by atoms with Gasteiger partial charge < -0.3 is 15.5 Å². The highest BCUT2D eigenvalue weighted by molar-refractivity contribution is 6.31. The highest BCUT2D eigenvalue weighted by Gasteiger charge is 2.24. The van der Waals surface area contributed by atoms with Crippen LogP contribution in [0.4, 0.5) is 5.69 Å². The molecule has 1 aromatic heterocycles. The number of aromatic nitrogens is 1. The lowest BCUT2D eigenvalue weighted by Gasteiger charge is -2.13. The first-order valence-corrected chi connectivity index (χ1v) is 8.80. The van der Waals surface area contributed by atoms with Crippen molar-refractivity contribution in [2.24, 2.45) is 0 Å². The number of phenols is 1. The van der Waals surface area contributed by atoms with Crippen molar-refractivity contribution >= 4 is 40.1 Å². The third kappa shape index (κ3) is 3.08. The van der Waals surface area contributed by atoms with Gasteiger partial charge in [0, 0.05) is 21.8 Å². The number of halogens is 1. The smallest absolute Gasteiger partial charge is 0.339 e. The third-order valence-electron chi connectivity index (χ3n) is 4.69. The molecule has 1 aliphatic rings. The molecular weight excluding hydrogens is 368 g/mol. The first-order valence-electron chi connectivity index (χ1n) is 8.42. The molecule has 27 heavy (non-hydrogen) atoms. The van der Waals surface area contributed by atoms with Crippen LogP contribution in [0.15, 0.2) is 36.4 Å². The number of carbonyl (C=O) groups is 2. The number of aromatic carboxylic acids is 1. The van der Waals surface area contributed by atoms with Crippen LogP contribution < -0.4 is 5.32 Å². The van der Waals surface area contributed by atoms with Gasteiger partial charge in [0.1, 0.15) is 11.3 Å². The monoisotopic (exact) mass is 382 g/mol. The Bertz CT molecular complexity index is 1110.